The molecule has 0 atom stereocenters. The Kier molecular flexibility index (Phi) is 7.42. The zero-order valence-electron chi connectivity index (χ0n) is 30.2. The van der Waals surface area contributed by atoms with Crippen molar-refractivity contribution in [3.05, 3.63) is 194 Å². The Hall–Kier alpha value is -7.63. The average Bonchev–Trinajstić information content (AvgIpc) is 3.83. The van der Waals surface area contributed by atoms with Gasteiger partial charge >= 0.3 is 0 Å². The van der Waals surface area contributed by atoms with Crippen molar-refractivity contribution in [3.8, 4) is 62.1 Å². The van der Waals surface area contributed by atoms with Crippen LogP contribution in [0.5, 0.6) is 0 Å². The van der Waals surface area contributed by atoms with Crippen molar-refractivity contribution < 1.29 is 4.42 Å². The Morgan fingerprint density at radius 1 is 0.339 bits per heavy atom. The van der Waals surface area contributed by atoms with Crippen molar-refractivity contribution in [1.29, 1.82) is 0 Å². The quantitative estimate of drug-likeness (QED) is 0.172. The second-order valence-corrected chi connectivity index (χ2v) is 14.0. The van der Waals surface area contributed by atoms with Gasteiger partial charge in [0.2, 0.25) is 0 Å². The molecule has 0 aliphatic carbocycles. The normalized spacial score (nSPS) is 11.6. The number of fused-ring (bicyclic) bond motifs is 7. The van der Waals surface area contributed by atoms with Gasteiger partial charge in [-0.2, -0.15) is 0 Å². The van der Waals surface area contributed by atoms with E-state index < -0.39 is 0 Å². The van der Waals surface area contributed by atoms with E-state index in [0.717, 1.165) is 71.7 Å². The average molecular weight is 717 g/mol. The second-order valence-electron chi connectivity index (χ2n) is 14.0. The number of hydrogen-bond donors (Lipinski definition) is 0. The highest BCUT2D eigenvalue weighted by Crippen LogP contribution is 2.42. The maximum atomic E-state index is 6.87. The summed E-state index contributed by atoms with van der Waals surface area (Å²) in [5.41, 5.74) is 12.4. The molecule has 0 amide bonds. The van der Waals surface area contributed by atoms with E-state index in [1.165, 1.54) is 16.7 Å². The Morgan fingerprint density at radius 2 is 0.857 bits per heavy atom. The van der Waals surface area contributed by atoms with Crippen molar-refractivity contribution in [2.75, 3.05) is 0 Å². The monoisotopic (exact) mass is 716 g/mol. The maximum Gasteiger partial charge on any atom is 0.164 e. The van der Waals surface area contributed by atoms with Gasteiger partial charge in [0, 0.05) is 38.5 Å². The SMILES string of the molecule is c1ccc(-c2ccc(-c3cccc(-n4c5ccccc5c5c6oc7cc(-c8nc(-c9ccccc9)nc(-c9ccccc9)n8)ccc7c6ccc54)c3)cc2)cc1. The second kappa shape index (κ2) is 13.0. The molecule has 3 heterocycles. The first-order chi connectivity index (χ1) is 27.7. The molecular weight excluding hydrogens is 685 g/mol. The zero-order valence-corrected chi connectivity index (χ0v) is 30.2. The molecule has 0 aliphatic heterocycles. The summed E-state index contributed by atoms with van der Waals surface area (Å²) >= 11 is 0. The van der Waals surface area contributed by atoms with Gasteiger partial charge in [-0.15, -0.1) is 0 Å². The third kappa shape index (κ3) is 5.37. The van der Waals surface area contributed by atoms with Crippen LogP contribution in [0, 0.1) is 0 Å². The van der Waals surface area contributed by atoms with E-state index in [2.05, 4.69) is 138 Å². The van der Waals surface area contributed by atoms with Crippen LogP contribution in [0.1, 0.15) is 0 Å². The number of para-hydroxylation sites is 1. The molecule has 8 aromatic carbocycles. The first kappa shape index (κ1) is 31.9. The van der Waals surface area contributed by atoms with Crippen LogP contribution in [0.15, 0.2) is 199 Å². The number of rotatable bonds is 6. The lowest BCUT2D eigenvalue weighted by Gasteiger charge is -2.11. The van der Waals surface area contributed by atoms with Crippen LogP contribution < -0.4 is 0 Å². The molecule has 5 heteroatoms. The predicted octanol–water partition coefficient (Wildman–Crippen LogP) is 13.2. The molecule has 0 fully saturated rings. The highest BCUT2D eigenvalue weighted by Gasteiger charge is 2.20. The summed E-state index contributed by atoms with van der Waals surface area (Å²) in [4.78, 5) is 14.8. The minimum atomic E-state index is 0.594. The van der Waals surface area contributed by atoms with Crippen molar-refractivity contribution in [1.82, 2.24) is 19.5 Å². The molecule has 0 radical (unpaired) electrons. The molecule has 56 heavy (non-hydrogen) atoms. The van der Waals surface area contributed by atoms with E-state index in [-0.39, 0.29) is 0 Å². The standard InChI is InChI=1S/C51H32N4O/c1-4-13-33(14-5-1)34-23-25-35(26-24-34)38-19-12-20-40(31-38)55-44-22-11-10-21-43(44)47-45(55)30-29-42-41-28-27-39(32-46(41)56-48(42)47)51-53-49(36-15-6-2-7-16-36)52-50(54-51)37-17-8-3-9-18-37/h1-32H. The van der Waals surface area contributed by atoms with E-state index in [0.29, 0.717) is 17.5 Å². The summed E-state index contributed by atoms with van der Waals surface area (Å²) in [6.45, 7) is 0. The van der Waals surface area contributed by atoms with Crippen LogP contribution in [-0.4, -0.2) is 19.5 Å². The molecule has 0 saturated heterocycles. The van der Waals surface area contributed by atoms with E-state index >= 15 is 0 Å². The van der Waals surface area contributed by atoms with Crippen LogP contribution in [0.3, 0.4) is 0 Å². The Balaban J connectivity index is 1.04. The summed E-state index contributed by atoms with van der Waals surface area (Å²) in [5, 5.41) is 4.35. The fraction of sp³-hybridized carbons (Fsp3) is 0. The van der Waals surface area contributed by atoms with Crippen molar-refractivity contribution in [3.63, 3.8) is 0 Å². The topological polar surface area (TPSA) is 56.7 Å². The minimum absolute atomic E-state index is 0.594. The summed E-state index contributed by atoms with van der Waals surface area (Å²) in [7, 11) is 0. The highest BCUT2D eigenvalue weighted by molar-refractivity contribution is 6.24. The molecule has 0 unspecified atom stereocenters. The molecule has 0 saturated carbocycles. The molecule has 0 bridgehead atoms. The number of furan rings is 1. The molecule has 0 aliphatic rings. The Morgan fingerprint density at radius 3 is 1.54 bits per heavy atom. The van der Waals surface area contributed by atoms with Gasteiger partial charge in [0.1, 0.15) is 11.2 Å². The van der Waals surface area contributed by atoms with Crippen LogP contribution in [0.25, 0.3) is 106 Å². The molecule has 0 spiro atoms. The highest BCUT2D eigenvalue weighted by atomic mass is 16.3. The molecule has 11 aromatic rings. The summed E-state index contributed by atoms with van der Waals surface area (Å²) in [5.74, 6) is 1.85. The van der Waals surface area contributed by atoms with Gasteiger partial charge in [0.05, 0.1) is 16.4 Å². The van der Waals surface area contributed by atoms with Crippen LogP contribution in [-0.2, 0) is 0 Å². The van der Waals surface area contributed by atoms with Gasteiger partial charge in [-0.25, -0.2) is 15.0 Å². The number of aromatic nitrogens is 4. The third-order valence-electron chi connectivity index (χ3n) is 10.7. The Labute approximate surface area is 322 Å². The molecule has 262 valence electrons. The van der Waals surface area contributed by atoms with E-state index in [9.17, 15) is 0 Å². The first-order valence-electron chi connectivity index (χ1n) is 18.8. The summed E-state index contributed by atoms with van der Waals surface area (Å²) < 4.78 is 9.22. The third-order valence-corrected chi connectivity index (χ3v) is 10.7. The Bertz CT molecular complexity index is 3160. The number of benzene rings is 8. The lowest BCUT2D eigenvalue weighted by Crippen LogP contribution is -2.00. The molecule has 3 aromatic heterocycles. The fourth-order valence-corrected chi connectivity index (χ4v) is 7.95. The van der Waals surface area contributed by atoms with E-state index in [1.54, 1.807) is 0 Å². The van der Waals surface area contributed by atoms with Gasteiger partial charge in [-0.3, -0.25) is 0 Å². The number of nitrogens with zero attached hydrogens (tertiary/aromatic N) is 4. The summed E-state index contributed by atoms with van der Waals surface area (Å²) in [6, 6.07) is 67.5. The van der Waals surface area contributed by atoms with Gasteiger partial charge in [0.25, 0.3) is 0 Å². The van der Waals surface area contributed by atoms with Crippen LogP contribution in [0.4, 0.5) is 0 Å². The van der Waals surface area contributed by atoms with Crippen LogP contribution in [0.2, 0.25) is 0 Å². The van der Waals surface area contributed by atoms with Crippen molar-refractivity contribution >= 4 is 43.7 Å². The molecule has 11 rings (SSSR count). The maximum absolute atomic E-state index is 6.87. The van der Waals surface area contributed by atoms with Crippen molar-refractivity contribution in [2.45, 2.75) is 0 Å². The van der Waals surface area contributed by atoms with Gasteiger partial charge in [-0.1, -0.05) is 152 Å². The summed E-state index contributed by atoms with van der Waals surface area (Å²) in [6.07, 6.45) is 0. The number of hydrogen-bond acceptors (Lipinski definition) is 4. The fourth-order valence-electron chi connectivity index (χ4n) is 7.95. The van der Waals surface area contributed by atoms with E-state index in [1.807, 2.05) is 60.7 Å². The minimum Gasteiger partial charge on any atom is -0.455 e. The van der Waals surface area contributed by atoms with Gasteiger partial charge in [0.15, 0.2) is 17.5 Å². The van der Waals surface area contributed by atoms with E-state index in [4.69, 9.17) is 19.4 Å². The zero-order chi connectivity index (χ0) is 37.0. The van der Waals surface area contributed by atoms with Crippen molar-refractivity contribution in [2.24, 2.45) is 0 Å². The first-order valence-corrected chi connectivity index (χ1v) is 18.8. The molecule has 0 N–H and O–H groups in total. The van der Waals surface area contributed by atoms with Crippen LogP contribution >= 0.6 is 0 Å². The molecule has 5 nitrogen and oxygen atoms in total. The smallest absolute Gasteiger partial charge is 0.164 e. The lowest BCUT2D eigenvalue weighted by molar-refractivity contribution is 0.673. The van der Waals surface area contributed by atoms with Gasteiger partial charge in [-0.05, 0) is 64.7 Å². The van der Waals surface area contributed by atoms with Gasteiger partial charge < -0.3 is 8.98 Å². The molecular formula is C51H32N4O. The largest absolute Gasteiger partial charge is 0.455 e. The predicted molar refractivity (Wildman–Crippen MR) is 229 cm³/mol. The lowest BCUT2D eigenvalue weighted by atomic mass is 10.00.